The number of fused-ring (bicyclic) bond motifs is 2. The third-order valence-corrected chi connectivity index (χ3v) is 5.60. The van der Waals surface area contributed by atoms with E-state index in [1.165, 1.54) is 33.5 Å². The summed E-state index contributed by atoms with van der Waals surface area (Å²) in [5.41, 5.74) is -1.08. The fourth-order valence-electron chi connectivity index (χ4n) is 3.87. The number of amides is 1. The number of carbonyl (C=O) groups is 1. The number of rotatable bonds is 6. The molecule has 0 aliphatic carbocycles. The maximum Gasteiger partial charge on any atom is 0.433 e. The zero-order valence-electron chi connectivity index (χ0n) is 19.7. The van der Waals surface area contributed by atoms with Gasteiger partial charge in [0.1, 0.15) is 5.56 Å². The summed E-state index contributed by atoms with van der Waals surface area (Å²) in [5, 5.41) is 6.42. The van der Waals surface area contributed by atoms with Crippen LogP contribution < -0.4 is 29.0 Å². The average Bonchev–Trinajstić information content (AvgIpc) is 3.53. The second kappa shape index (κ2) is 9.08. The summed E-state index contributed by atoms with van der Waals surface area (Å²) in [6, 6.07) is 8.48. The predicted molar refractivity (Wildman–Crippen MR) is 124 cm³/mol. The van der Waals surface area contributed by atoms with Crippen molar-refractivity contribution in [2.45, 2.75) is 6.18 Å². The quantitative estimate of drug-likeness (QED) is 0.402. The molecule has 13 heteroatoms. The van der Waals surface area contributed by atoms with Crippen LogP contribution in [-0.2, 0) is 6.18 Å². The first-order valence-electron chi connectivity index (χ1n) is 10.7. The monoisotopic (exact) mass is 516 g/mol. The van der Waals surface area contributed by atoms with Crippen LogP contribution in [-0.4, -0.2) is 48.6 Å². The molecule has 0 saturated carbocycles. The molecule has 0 bridgehead atoms. The highest BCUT2D eigenvalue weighted by molar-refractivity contribution is 6.08. The van der Waals surface area contributed by atoms with Gasteiger partial charge in [-0.2, -0.15) is 18.3 Å². The number of anilines is 1. The van der Waals surface area contributed by atoms with Crippen molar-refractivity contribution in [2.75, 3.05) is 33.4 Å². The second-order valence-corrected chi connectivity index (χ2v) is 7.75. The molecule has 2 aromatic heterocycles. The minimum atomic E-state index is -4.80. The van der Waals surface area contributed by atoms with E-state index in [2.05, 4.69) is 15.4 Å². The van der Waals surface area contributed by atoms with Gasteiger partial charge in [-0.05, 0) is 30.3 Å². The number of carbonyl (C=O) groups excluding carboxylic acids is 1. The molecule has 0 fully saturated rings. The van der Waals surface area contributed by atoms with E-state index in [0.29, 0.717) is 21.7 Å². The fourth-order valence-corrected chi connectivity index (χ4v) is 3.87. The molecule has 0 unspecified atom stereocenters. The van der Waals surface area contributed by atoms with Crippen molar-refractivity contribution in [2.24, 2.45) is 0 Å². The first-order chi connectivity index (χ1) is 17.7. The highest BCUT2D eigenvalue weighted by Gasteiger charge is 2.36. The molecule has 0 radical (unpaired) electrons. The summed E-state index contributed by atoms with van der Waals surface area (Å²) in [6.07, 6.45) is -3.77. The minimum absolute atomic E-state index is 0.0502. The normalized spacial score (nSPS) is 12.5. The molecule has 1 aliphatic rings. The Morgan fingerprint density at radius 3 is 2.35 bits per heavy atom. The number of methoxy groups -OCH3 is 3. The molecule has 2 aromatic carbocycles. The van der Waals surface area contributed by atoms with Crippen LogP contribution in [0.15, 0.2) is 42.6 Å². The smallest absolute Gasteiger partial charge is 0.433 e. The highest BCUT2D eigenvalue weighted by Crippen LogP contribution is 2.42. The number of hydrogen-bond donors (Lipinski definition) is 1. The standard InChI is InChI=1S/C24H19F3N4O6/c1-33-18-6-12(7-19(34-2)21(18)35-3)15-9-20(24(25,26)27)31-22(30-15)14(10-28-31)23(32)29-13-4-5-16-17(8-13)37-11-36-16/h4-10H,11H2,1-3H3,(H,29,32). The number of hydrogen-bond acceptors (Lipinski definition) is 8. The van der Waals surface area contributed by atoms with Crippen LogP contribution in [0.5, 0.6) is 28.7 Å². The number of nitrogens with zero attached hydrogens (tertiary/aromatic N) is 3. The van der Waals surface area contributed by atoms with Crippen LogP contribution in [0.1, 0.15) is 16.1 Å². The minimum Gasteiger partial charge on any atom is -0.493 e. The van der Waals surface area contributed by atoms with Gasteiger partial charge in [0, 0.05) is 17.3 Å². The van der Waals surface area contributed by atoms with Gasteiger partial charge in [-0.15, -0.1) is 0 Å². The number of alkyl halides is 3. The molecule has 1 amide bonds. The Kier molecular flexibility index (Phi) is 5.90. The maximum absolute atomic E-state index is 14.0. The Balaban J connectivity index is 1.62. The molecule has 0 saturated heterocycles. The van der Waals surface area contributed by atoms with Crippen molar-refractivity contribution in [3.05, 3.63) is 53.9 Å². The summed E-state index contributed by atoms with van der Waals surface area (Å²) in [4.78, 5) is 17.4. The van der Waals surface area contributed by atoms with Gasteiger partial charge in [0.25, 0.3) is 5.91 Å². The zero-order valence-corrected chi connectivity index (χ0v) is 19.7. The van der Waals surface area contributed by atoms with Crippen molar-refractivity contribution < 1.29 is 41.7 Å². The molecule has 3 heterocycles. The van der Waals surface area contributed by atoms with Crippen molar-refractivity contribution >= 4 is 17.2 Å². The van der Waals surface area contributed by atoms with E-state index in [0.717, 1.165) is 12.3 Å². The Morgan fingerprint density at radius 1 is 1.00 bits per heavy atom. The topological polar surface area (TPSA) is 105 Å². The Bertz CT molecular complexity index is 1490. The fraction of sp³-hybridized carbons (Fsp3) is 0.208. The molecule has 0 spiro atoms. The van der Waals surface area contributed by atoms with Crippen LogP contribution in [0, 0.1) is 0 Å². The van der Waals surface area contributed by atoms with Gasteiger partial charge in [0.2, 0.25) is 12.5 Å². The second-order valence-electron chi connectivity index (χ2n) is 7.75. The molecule has 10 nitrogen and oxygen atoms in total. The van der Waals surface area contributed by atoms with E-state index in [1.54, 1.807) is 18.2 Å². The van der Waals surface area contributed by atoms with Gasteiger partial charge in [-0.1, -0.05) is 0 Å². The zero-order chi connectivity index (χ0) is 26.3. The Morgan fingerprint density at radius 2 is 1.70 bits per heavy atom. The number of nitrogens with one attached hydrogen (secondary N) is 1. The van der Waals surface area contributed by atoms with Gasteiger partial charge >= 0.3 is 6.18 Å². The summed E-state index contributed by atoms with van der Waals surface area (Å²) < 4.78 is 69.1. The maximum atomic E-state index is 14.0. The van der Waals surface area contributed by atoms with Crippen LogP contribution in [0.3, 0.4) is 0 Å². The van der Waals surface area contributed by atoms with E-state index in [-0.39, 0.29) is 46.5 Å². The molecule has 0 atom stereocenters. The molecule has 1 aliphatic heterocycles. The predicted octanol–water partition coefficient (Wildman–Crippen LogP) is 4.42. The summed E-state index contributed by atoms with van der Waals surface area (Å²) in [5.74, 6) is 0.943. The van der Waals surface area contributed by atoms with E-state index >= 15 is 0 Å². The van der Waals surface area contributed by atoms with Crippen LogP contribution in [0.25, 0.3) is 16.9 Å². The van der Waals surface area contributed by atoms with Gasteiger partial charge < -0.3 is 29.0 Å². The van der Waals surface area contributed by atoms with Crippen LogP contribution >= 0.6 is 0 Å². The van der Waals surface area contributed by atoms with Gasteiger partial charge in [0.15, 0.2) is 34.3 Å². The first kappa shape index (κ1) is 24.0. The third kappa shape index (κ3) is 4.28. The van der Waals surface area contributed by atoms with Crippen LogP contribution in [0.2, 0.25) is 0 Å². The number of aromatic nitrogens is 3. The van der Waals surface area contributed by atoms with E-state index in [1.807, 2.05) is 0 Å². The van der Waals surface area contributed by atoms with E-state index in [9.17, 15) is 18.0 Å². The lowest BCUT2D eigenvalue weighted by molar-refractivity contribution is -0.142. The largest absolute Gasteiger partial charge is 0.493 e. The van der Waals surface area contributed by atoms with E-state index < -0.39 is 17.8 Å². The Labute approximate surface area is 207 Å². The van der Waals surface area contributed by atoms with Crippen molar-refractivity contribution in [1.82, 2.24) is 14.6 Å². The summed E-state index contributed by atoms with van der Waals surface area (Å²) >= 11 is 0. The lowest BCUT2D eigenvalue weighted by atomic mass is 10.1. The van der Waals surface area contributed by atoms with Gasteiger partial charge in [0.05, 0.1) is 33.2 Å². The molecule has 4 aromatic rings. The molecule has 1 N–H and O–H groups in total. The summed E-state index contributed by atoms with van der Waals surface area (Å²) in [6.45, 7) is 0.0502. The number of ether oxygens (including phenoxy) is 5. The Hall–Kier alpha value is -4.68. The molecular weight excluding hydrogens is 497 g/mol. The van der Waals surface area contributed by atoms with Crippen LogP contribution in [0.4, 0.5) is 18.9 Å². The highest BCUT2D eigenvalue weighted by atomic mass is 19.4. The molecular formula is C24H19F3N4O6. The van der Waals surface area contributed by atoms with E-state index in [4.69, 9.17) is 23.7 Å². The molecule has 5 rings (SSSR count). The SMILES string of the molecule is COc1cc(-c2cc(C(F)(F)F)n3ncc(C(=O)Nc4ccc5c(c4)OCO5)c3n2)cc(OC)c1OC. The van der Waals surface area contributed by atoms with Crippen molar-refractivity contribution in [1.29, 1.82) is 0 Å². The number of halogens is 3. The molecule has 192 valence electrons. The number of benzene rings is 2. The third-order valence-electron chi connectivity index (χ3n) is 5.60. The van der Waals surface area contributed by atoms with Crippen molar-refractivity contribution in [3.63, 3.8) is 0 Å². The summed E-state index contributed by atoms with van der Waals surface area (Å²) in [7, 11) is 4.17. The lowest BCUT2D eigenvalue weighted by Gasteiger charge is -2.15. The lowest BCUT2D eigenvalue weighted by Crippen LogP contribution is -2.16. The molecule has 37 heavy (non-hydrogen) atoms. The van der Waals surface area contributed by atoms with Gasteiger partial charge in [-0.3, -0.25) is 4.79 Å². The van der Waals surface area contributed by atoms with Crippen molar-refractivity contribution in [3.8, 4) is 40.0 Å². The average molecular weight is 516 g/mol. The first-order valence-corrected chi connectivity index (χ1v) is 10.7. The van der Waals surface area contributed by atoms with Gasteiger partial charge in [-0.25, -0.2) is 9.50 Å².